The Kier molecular flexibility index (Phi) is 7.91. The van der Waals surface area contributed by atoms with Crippen molar-refractivity contribution in [1.82, 2.24) is 0 Å². The Morgan fingerprint density at radius 3 is 2.15 bits per heavy atom. The molecular formula is C40H36O12. The molecule has 8 N–H and O–H groups in total. The second kappa shape index (κ2) is 12.0. The van der Waals surface area contributed by atoms with E-state index in [2.05, 4.69) is 0 Å². The molecule has 3 aliphatic rings. The van der Waals surface area contributed by atoms with E-state index >= 15 is 0 Å². The van der Waals surface area contributed by atoms with Crippen molar-refractivity contribution in [1.29, 1.82) is 0 Å². The van der Waals surface area contributed by atoms with Crippen LogP contribution in [0, 0.1) is 5.92 Å². The number of aromatic hydroxyl groups is 7. The first-order valence-corrected chi connectivity index (χ1v) is 16.5. The van der Waals surface area contributed by atoms with Crippen molar-refractivity contribution in [2.45, 2.75) is 56.8 Å². The Morgan fingerprint density at radius 2 is 1.48 bits per heavy atom. The molecule has 52 heavy (non-hydrogen) atoms. The maximum absolute atomic E-state index is 14.7. The van der Waals surface area contributed by atoms with Crippen molar-refractivity contribution >= 4 is 11.6 Å². The lowest BCUT2D eigenvalue weighted by Crippen LogP contribution is -2.62. The van der Waals surface area contributed by atoms with Crippen LogP contribution >= 0.6 is 0 Å². The maximum Gasteiger partial charge on any atom is 0.318 e. The van der Waals surface area contributed by atoms with Gasteiger partial charge < -0.3 is 50.3 Å². The summed E-state index contributed by atoms with van der Waals surface area (Å²) in [5, 5.41) is 87.4. The molecule has 0 saturated carbocycles. The molecule has 0 amide bonds. The van der Waals surface area contributed by atoms with Crippen LogP contribution in [0.5, 0.6) is 51.7 Å². The van der Waals surface area contributed by atoms with Crippen molar-refractivity contribution in [3.8, 4) is 51.7 Å². The number of allylic oxidation sites excluding steroid dienone is 3. The molecule has 7 rings (SSSR count). The SMILES string of the molecule is CC(C)=CC[C@@]12Oc3c(c(O)cc(O)c3[C@H]3C=C(C)C[C@H](c4ccc(O)cc4O)[C@H]3C(=O)c3ccc(O)cc3O)C(=O)[C@]1(O)Oc1cc(O)ccc12. The highest BCUT2D eigenvalue weighted by molar-refractivity contribution is 6.09. The van der Waals surface area contributed by atoms with E-state index in [4.69, 9.17) is 9.47 Å². The van der Waals surface area contributed by atoms with Crippen LogP contribution in [0.25, 0.3) is 0 Å². The van der Waals surface area contributed by atoms with Crippen LogP contribution < -0.4 is 9.47 Å². The highest BCUT2D eigenvalue weighted by Gasteiger charge is 2.70. The summed E-state index contributed by atoms with van der Waals surface area (Å²) in [5.41, 5.74) is -0.864. The minimum absolute atomic E-state index is 0.0526. The smallest absolute Gasteiger partial charge is 0.318 e. The van der Waals surface area contributed by atoms with Gasteiger partial charge in [-0.05, 0) is 63.1 Å². The minimum atomic E-state index is -2.75. The molecule has 2 heterocycles. The molecule has 0 bridgehead atoms. The topological polar surface area (TPSA) is 214 Å². The molecule has 12 nitrogen and oxygen atoms in total. The van der Waals surface area contributed by atoms with Crippen LogP contribution in [0.1, 0.15) is 82.9 Å². The maximum atomic E-state index is 14.7. The van der Waals surface area contributed by atoms with Crippen molar-refractivity contribution in [2.75, 3.05) is 0 Å². The monoisotopic (exact) mass is 708 g/mol. The lowest BCUT2D eigenvalue weighted by molar-refractivity contribution is -0.202. The van der Waals surface area contributed by atoms with Gasteiger partial charge in [-0.15, -0.1) is 0 Å². The predicted octanol–water partition coefficient (Wildman–Crippen LogP) is 6.25. The van der Waals surface area contributed by atoms with Crippen molar-refractivity contribution in [2.24, 2.45) is 5.92 Å². The van der Waals surface area contributed by atoms with E-state index < -0.39 is 63.5 Å². The number of hydrogen-bond acceptors (Lipinski definition) is 12. The molecule has 4 aromatic carbocycles. The van der Waals surface area contributed by atoms with Crippen LogP contribution in [-0.4, -0.2) is 58.2 Å². The number of benzene rings is 4. The third-order valence-corrected chi connectivity index (χ3v) is 10.2. The molecule has 0 spiro atoms. The van der Waals surface area contributed by atoms with Gasteiger partial charge >= 0.3 is 5.79 Å². The van der Waals surface area contributed by atoms with Gasteiger partial charge in [0.15, 0.2) is 5.78 Å². The number of hydrogen-bond donors (Lipinski definition) is 8. The summed E-state index contributed by atoms with van der Waals surface area (Å²) in [5.74, 6) is -11.0. The first-order valence-electron chi connectivity index (χ1n) is 16.5. The molecule has 1 aliphatic carbocycles. The van der Waals surface area contributed by atoms with Crippen molar-refractivity contribution < 1.29 is 59.9 Å². The fourth-order valence-electron chi connectivity index (χ4n) is 7.85. The minimum Gasteiger partial charge on any atom is -0.508 e. The normalized spacial score (nSPS) is 24.4. The van der Waals surface area contributed by atoms with Gasteiger partial charge in [-0.2, -0.15) is 0 Å². The highest BCUT2D eigenvalue weighted by atomic mass is 16.7. The predicted molar refractivity (Wildman–Crippen MR) is 185 cm³/mol. The number of aliphatic hydroxyl groups is 1. The summed E-state index contributed by atoms with van der Waals surface area (Å²) in [6.07, 6.45) is 3.47. The Bertz CT molecular complexity index is 2250. The molecule has 0 saturated heterocycles. The summed E-state index contributed by atoms with van der Waals surface area (Å²) >= 11 is 0. The average Bonchev–Trinajstić information content (AvgIpc) is 3.31. The number of carbonyl (C=O) groups excluding carboxylic acids is 2. The van der Waals surface area contributed by atoms with E-state index in [0.717, 1.165) is 23.8 Å². The van der Waals surface area contributed by atoms with E-state index in [-0.39, 0.29) is 69.6 Å². The third kappa shape index (κ3) is 5.09. The van der Waals surface area contributed by atoms with Crippen LogP contribution in [0.2, 0.25) is 0 Å². The van der Waals surface area contributed by atoms with E-state index in [1.807, 2.05) is 0 Å². The first-order chi connectivity index (χ1) is 24.6. The molecular weight excluding hydrogens is 672 g/mol. The van der Waals surface area contributed by atoms with Gasteiger partial charge in [0.25, 0.3) is 0 Å². The largest absolute Gasteiger partial charge is 0.508 e. The Hall–Kier alpha value is -6.14. The second-order valence-corrected chi connectivity index (χ2v) is 13.9. The quantitative estimate of drug-likeness (QED) is 0.0824. The highest BCUT2D eigenvalue weighted by Crippen LogP contribution is 2.62. The van der Waals surface area contributed by atoms with Crippen LogP contribution in [0.15, 0.2) is 84.0 Å². The summed E-state index contributed by atoms with van der Waals surface area (Å²) in [4.78, 5) is 29.3. The van der Waals surface area contributed by atoms with E-state index in [1.165, 1.54) is 42.5 Å². The summed E-state index contributed by atoms with van der Waals surface area (Å²) in [7, 11) is 0. The van der Waals surface area contributed by atoms with Crippen LogP contribution in [0.3, 0.4) is 0 Å². The molecule has 12 heteroatoms. The Labute approximate surface area is 297 Å². The molecule has 4 aromatic rings. The fourth-order valence-corrected chi connectivity index (χ4v) is 7.85. The first kappa shape index (κ1) is 34.3. The molecule has 0 aromatic heterocycles. The molecule has 0 radical (unpaired) electrons. The average molecular weight is 709 g/mol. The summed E-state index contributed by atoms with van der Waals surface area (Å²) < 4.78 is 12.6. The Balaban J connectivity index is 1.51. The molecule has 5 atom stereocenters. The van der Waals surface area contributed by atoms with E-state index in [1.54, 1.807) is 32.9 Å². The fraction of sp³-hybridized carbons (Fsp3) is 0.250. The summed E-state index contributed by atoms with van der Waals surface area (Å²) in [6, 6.07) is 12.3. The van der Waals surface area contributed by atoms with Gasteiger partial charge in [0.1, 0.15) is 57.3 Å². The van der Waals surface area contributed by atoms with Crippen molar-refractivity contribution in [3.05, 3.63) is 112 Å². The van der Waals surface area contributed by atoms with Gasteiger partial charge in [-0.1, -0.05) is 29.4 Å². The van der Waals surface area contributed by atoms with Crippen LogP contribution in [-0.2, 0) is 5.60 Å². The number of rotatable bonds is 6. The number of phenols is 7. The molecule has 2 aliphatic heterocycles. The zero-order valence-electron chi connectivity index (χ0n) is 28.3. The molecule has 268 valence electrons. The lowest BCUT2D eigenvalue weighted by Gasteiger charge is -2.45. The standard InChI is InChI=1S/C40H36O12/c1-18(2)10-11-39-27-9-6-22(43)16-32(27)51-40(39,50)38(49)35-31(47)17-30(46)34(37(35)52-39)26-13-19(3)12-25(23-7-4-20(41)14-28(23)44)33(26)36(48)24-8-5-21(42)15-29(24)45/h4-10,13-17,25-26,33,41-47,50H,11-12H2,1-3H3/t25-,26+,33-,39+,40+/m1/s1. The van der Waals surface area contributed by atoms with E-state index in [0.29, 0.717) is 5.57 Å². The number of fused-ring (bicyclic) bond motifs is 4. The number of phenolic OH excluding ortho intramolecular Hbond substituents is 7. The molecule has 0 unspecified atom stereocenters. The van der Waals surface area contributed by atoms with Crippen LogP contribution in [0.4, 0.5) is 0 Å². The zero-order chi connectivity index (χ0) is 37.4. The number of ketones is 2. The van der Waals surface area contributed by atoms with Crippen molar-refractivity contribution in [3.63, 3.8) is 0 Å². The number of carbonyl (C=O) groups is 2. The number of ether oxygens (including phenoxy) is 2. The Morgan fingerprint density at radius 1 is 0.827 bits per heavy atom. The van der Waals surface area contributed by atoms with Gasteiger partial charge in [-0.25, -0.2) is 0 Å². The second-order valence-electron chi connectivity index (χ2n) is 13.9. The van der Waals surface area contributed by atoms with E-state index in [9.17, 15) is 50.4 Å². The molecule has 0 fully saturated rings. The van der Waals surface area contributed by atoms with Gasteiger partial charge in [0, 0.05) is 59.6 Å². The number of Topliss-reactive ketones (excluding diaryl/α,β-unsaturated/α-hetero) is 2. The third-order valence-electron chi connectivity index (χ3n) is 10.2. The van der Waals surface area contributed by atoms with Gasteiger partial charge in [0.2, 0.25) is 11.4 Å². The lowest BCUT2D eigenvalue weighted by atomic mass is 9.64. The summed E-state index contributed by atoms with van der Waals surface area (Å²) in [6.45, 7) is 5.37. The zero-order valence-corrected chi connectivity index (χ0v) is 28.3. The van der Waals surface area contributed by atoms with Gasteiger partial charge in [-0.3, -0.25) is 9.59 Å². The van der Waals surface area contributed by atoms with Gasteiger partial charge in [0.05, 0.1) is 5.56 Å².